The van der Waals surface area contributed by atoms with Gasteiger partial charge in [-0.3, -0.25) is 14.5 Å². The highest BCUT2D eigenvalue weighted by molar-refractivity contribution is 5.85. The number of rotatable bonds is 6. The number of aliphatic hydroxyl groups is 1. The third kappa shape index (κ3) is 6.79. The fourth-order valence-corrected chi connectivity index (χ4v) is 4.19. The number of hydrogen-bond donors (Lipinski definition) is 3. The molecule has 2 aromatic rings. The number of halogens is 1. The topological polar surface area (TPSA) is 115 Å². The number of carbonyl (C=O) groups excluding carboxylic acids is 2. The van der Waals surface area contributed by atoms with Gasteiger partial charge in [0.25, 0.3) is 5.56 Å². The lowest BCUT2D eigenvalue weighted by atomic mass is 10.0. The lowest BCUT2D eigenvalue weighted by molar-refractivity contribution is -0.135. The minimum absolute atomic E-state index is 0.0325. The van der Waals surface area contributed by atoms with Gasteiger partial charge in [0.05, 0.1) is 11.4 Å². The number of hydrogen-bond acceptors (Lipinski definition) is 6. The average molecular weight is 491 g/mol. The smallest absolute Gasteiger partial charge is 0.408 e. The van der Waals surface area contributed by atoms with Gasteiger partial charge in [0.15, 0.2) is 0 Å². The zero-order valence-corrected chi connectivity index (χ0v) is 21.0. The molecule has 1 aliphatic heterocycles. The molecule has 1 fully saturated rings. The van der Waals surface area contributed by atoms with Crippen molar-refractivity contribution in [3.8, 4) is 0 Å². The summed E-state index contributed by atoms with van der Waals surface area (Å²) in [6, 6.07) is 4.09. The van der Waals surface area contributed by atoms with E-state index < -0.39 is 35.3 Å². The van der Waals surface area contributed by atoms with E-state index in [0.29, 0.717) is 43.7 Å². The Morgan fingerprint density at radius 1 is 1.23 bits per heavy atom. The number of pyridine rings is 1. The van der Waals surface area contributed by atoms with Crippen molar-refractivity contribution < 1.29 is 23.8 Å². The molecule has 1 aromatic heterocycles. The van der Waals surface area contributed by atoms with Crippen LogP contribution in [0.15, 0.2) is 23.0 Å². The number of ether oxygens (including phenoxy) is 1. The summed E-state index contributed by atoms with van der Waals surface area (Å²) in [5.41, 5.74) is 0.254. The van der Waals surface area contributed by atoms with E-state index in [1.807, 2.05) is 11.8 Å². The van der Waals surface area contributed by atoms with Gasteiger partial charge in [-0.25, -0.2) is 9.18 Å². The van der Waals surface area contributed by atoms with Gasteiger partial charge in [-0.1, -0.05) is 6.07 Å². The molecular weight excluding hydrogens is 455 g/mol. The lowest BCUT2D eigenvalue weighted by Gasteiger charge is -2.39. The molecule has 0 aliphatic carbocycles. The van der Waals surface area contributed by atoms with Crippen LogP contribution >= 0.6 is 0 Å². The fraction of sp³-hybridized carbons (Fsp3) is 0.560. The summed E-state index contributed by atoms with van der Waals surface area (Å²) >= 11 is 0. The van der Waals surface area contributed by atoms with Crippen LogP contribution in [0, 0.1) is 12.7 Å². The largest absolute Gasteiger partial charge is 0.444 e. The SMILES string of the molecule is Cc1ccc(F)c2c(=O)[nH]c(CCC(=O)N3CCN([C@@H](O)[C@H](C)NC(=O)OC(C)(C)C)CC3)cc12. The number of nitrogens with one attached hydrogen (secondary N) is 2. The van der Waals surface area contributed by atoms with Crippen molar-refractivity contribution >= 4 is 22.8 Å². The number of benzene rings is 1. The molecule has 0 bridgehead atoms. The molecule has 1 saturated heterocycles. The van der Waals surface area contributed by atoms with Crippen LogP contribution in [0.1, 0.15) is 45.4 Å². The van der Waals surface area contributed by atoms with Crippen molar-refractivity contribution in [3.63, 3.8) is 0 Å². The Kier molecular flexibility index (Phi) is 8.17. The number of aliphatic hydroxyl groups excluding tert-OH is 1. The number of carbonyl (C=O) groups is 2. The maximum atomic E-state index is 14.1. The highest BCUT2D eigenvalue weighted by Gasteiger charge is 2.29. The number of piperazine rings is 1. The number of aryl methyl sites for hydroxylation is 2. The van der Waals surface area contributed by atoms with Gasteiger partial charge in [-0.15, -0.1) is 0 Å². The minimum Gasteiger partial charge on any atom is -0.444 e. The second-order valence-electron chi connectivity index (χ2n) is 10.0. The van der Waals surface area contributed by atoms with E-state index in [9.17, 15) is 23.9 Å². The summed E-state index contributed by atoms with van der Waals surface area (Å²) in [6.45, 7) is 10.6. The third-order valence-electron chi connectivity index (χ3n) is 6.07. The van der Waals surface area contributed by atoms with E-state index in [4.69, 9.17) is 4.74 Å². The van der Waals surface area contributed by atoms with E-state index in [-0.39, 0.29) is 17.7 Å². The molecule has 2 heterocycles. The van der Waals surface area contributed by atoms with E-state index >= 15 is 0 Å². The second-order valence-corrected chi connectivity index (χ2v) is 10.0. The molecule has 35 heavy (non-hydrogen) atoms. The number of nitrogens with zero attached hydrogens (tertiary/aromatic N) is 2. The first-order valence-electron chi connectivity index (χ1n) is 11.9. The summed E-state index contributed by atoms with van der Waals surface area (Å²) in [5.74, 6) is -0.624. The predicted octanol–water partition coefficient (Wildman–Crippen LogP) is 2.28. The van der Waals surface area contributed by atoms with Crippen LogP contribution < -0.4 is 10.9 Å². The van der Waals surface area contributed by atoms with Crippen molar-refractivity contribution in [2.24, 2.45) is 0 Å². The van der Waals surface area contributed by atoms with Crippen LogP contribution in [0.25, 0.3) is 10.8 Å². The highest BCUT2D eigenvalue weighted by Crippen LogP contribution is 2.19. The molecule has 1 aliphatic rings. The Morgan fingerprint density at radius 3 is 2.51 bits per heavy atom. The summed E-state index contributed by atoms with van der Waals surface area (Å²) < 4.78 is 19.3. The summed E-state index contributed by atoms with van der Waals surface area (Å²) in [7, 11) is 0. The molecule has 2 amide bonds. The lowest BCUT2D eigenvalue weighted by Crippen LogP contribution is -2.57. The number of alkyl carbamates (subject to hydrolysis) is 1. The molecule has 0 radical (unpaired) electrons. The second kappa shape index (κ2) is 10.7. The van der Waals surface area contributed by atoms with Gasteiger partial charge >= 0.3 is 6.09 Å². The highest BCUT2D eigenvalue weighted by atomic mass is 19.1. The van der Waals surface area contributed by atoms with Gasteiger partial charge < -0.3 is 25.0 Å². The summed E-state index contributed by atoms with van der Waals surface area (Å²) in [4.78, 5) is 43.3. The van der Waals surface area contributed by atoms with Crippen LogP contribution in [0.4, 0.5) is 9.18 Å². The molecule has 3 N–H and O–H groups in total. The van der Waals surface area contributed by atoms with Crippen LogP contribution in [0.2, 0.25) is 0 Å². The summed E-state index contributed by atoms with van der Waals surface area (Å²) in [6.07, 6.45) is -0.970. The molecule has 0 saturated carbocycles. The van der Waals surface area contributed by atoms with E-state index in [1.165, 1.54) is 6.07 Å². The Balaban J connectivity index is 1.51. The molecule has 192 valence electrons. The third-order valence-corrected chi connectivity index (χ3v) is 6.07. The van der Waals surface area contributed by atoms with Crippen LogP contribution in [-0.2, 0) is 16.0 Å². The van der Waals surface area contributed by atoms with Gasteiger partial charge in [-0.05, 0) is 64.1 Å². The molecule has 9 nitrogen and oxygen atoms in total. The number of aromatic amines is 1. The van der Waals surface area contributed by atoms with Crippen molar-refractivity contribution in [1.82, 2.24) is 20.1 Å². The zero-order valence-electron chi connectivity index (χ0n) is 21.0. The Hall–Kier alpha value is -2.98. The molecule has 10 heteroatoms. The Morgan fingerprint density at radius 2 is 1.89 bits per heavy atom. The standard InChI is InChI=1S/C25H35FN4O5/c1-15-6-8-19(26)21-18(15)14-17(28-22(21)32)7-9-20(31)29-10-12-30(13-11-29)23(33)16(2)27-24(34)35-25(3,4)5/h6,8,14,16,23,33H,7,9-13H2,1-5H3,(H,27,34)(H,28,32)/t16-,23-/m0/s1. The first-order valence-corrected chi connectivity index (χ1v) is 11.9. The maximum absolute atomic E-state index is 14.1. The Labute approximate surface area is 204 Å². The molecule has 2 atom stereocenters. The molecular formula is C25H35FN4O5. The van der Waals surface area contributed by atoms with Crippen LogP contribution in [0.3, 0.4) is 0 Å². The average Bonchev–Trinajstić information content (AvgIpc) is 2.78. The molecule has 1 aromatic carbocycles. The van der Waals surface area contributed by atoms with Gasteiger partial charge in [0.2, 0.25) is 5.91 Å². The Bertz CT molecular complexity index is 1140. The quantitative estimate of drug-likeness (QED) is 0.572. The van der Waals surface area contributed by atoms with Crippen molar-refractivity contribution in [2.75, 3.05) is 26.2 Å². The monoisotopic (exact) mass is 490 g/mol. The van der Waals surface area contributed by atoms with Crippen molar-refractivity contribution in [2.45, 2.75) is 65.3 Å². The number of fused-ring (bicyclic) bond motifs is 1. The first-order chi connectivity index (χ1) is 16.4. The fourth-order valence-electron chi connectivity index (χ4n) is 4.19. The van der Waals surface area contributed by atoms with Crippen LogP contribution in [0.5, 0.6) is 0 Å². The van der Waals surface area contributed by atoms with E-state index in [2.05, 4.69) is 10.3 Å². The van der Waals surface area contributed by atoms with E-state index in [0.717, 1.165) is 5.56 Å². The minimum atomic E-state index is -0.911. The summed E-state index contributed by atoms with van der Waals surface area (Å²) in [5, 5.41) is 13.8. The first kappa shape index (κ1) is 26.6. The van der Waals surface area contributed by atoms with Crippen molar-refractivity contribution in [3.05, 3.63) is 45.6 Å². The number of amides is 2. The van der Waals surface area contributed by atoms with Gasteiger partial charge in [0, 0.05) is 38.3 Å². The normalized spacial score (nSPS) is 16.7. The van der Waals surface area contributed by atoms with E-state index in [1.54, 1.807) is 44.7 Å². The maximum Gasteiger partial charge on any atom is 0.408 e. The van der Waals surface area contributed by atoms with Crippen molar-refractivity contribution in [1.29, 1.82) is 0 Å². The predicted molar refractivity (Wildman–Crippen MR) is 131 cm³/mol. The zero-order chi connectivity index (χ0) is 25.9. The van der Waals surface area contributed by atoms with Gasteiger partial charge in [-0.2, -0.15) is 0 Å². The van der Waals surface area contributed by atoms with Crippen LogP contribution in [-0.4, -0.2) is 75.9 Å². The number of aromatic nitrogens is 1. The number of H-pyrrole nitrogens is 1. The molecule has 3 rings (SSSR count). The molecule has 0 unspecified atom stereocenters. The van der Waals surface area contributed by atoms with Gasteiger partial charge in [0.1, 0.15) is 17.6 Å². The molecule has 0 spiro atoms.